The zero-order chi connectivity index (χ0) is 19.6. The molecule has 0 aliphatic heterocycles. The van der Waals surface area contributed by atoms with E-state index in [-0.39, 0.29) is 17.2 Å². The largest absolute Gasteiger partial charge is 0.354 e. The lowest BCUT2D eigenvalue weighted by Gasteiger charge is -2.15. The highest BCUT2D eigenvalue weighted by atomic mass is 16.2. The molecular weight excluding hydrogens is 344 g/mol. The summed E-state index contributed by atoms with van der Waals surface area (Å²) >= 11 is 0. The summed E-state index contributed by atoms with van der Waals surface area (Å²) in [6.45, 7) is 5.42. The number of aryl methyl sites for hydroxylation is 1. The maximum absolute atomic E-state index is 12.6. The van der Waals surface area contributed by atoms with Crippen LogP contribution in [0.2, 0.25) is 0 Å². The first-order chi connectivity index (χ1) is 12.9. The lowest BCUT2D eigenvalue weighted by Crippen LogP contribution is -2.32. The van der Waals surface area contributed by atoms with Gasteiger partial charge in [0, 0.05) is 47.4 Å². The van der Waals surface area contributed by atoms with Crippen LogP contribution in [0.5, 0.6) is 0 Å². The molecule has 0 bridgehead atoms. The van der Waals surface area contributed by atoms with Crippen molar-refractivity contribution in [2.75, 3.05) is 6.54 Å². The fourth-order valence-corrected chi connectivity index (χ4v) is 3.14. The summed E-state index contributed by atoms with van der Waals surface area (Å²) in [5.74, 6) is 0.339. The number of H-pyrrole nitrogens is 1. The number of carbonyl (C=O) groups is 2. The summed E-state index contributed by atoms with van der Waals surface area (Å²) in [5, 5.41) is 3.70. The van der Waals surface area contributed by atoms with E-state index in [0.29, 0.717) is 30.0 Å². The molecule has 7 nitrogen and oxygen atoms in total. The Balaban J connectivity index is 1.73. The van der Waals surface area contributed by atoms with Crippen LogP contribution in [0.4, 0.5) is 0 Å². The Labute approximate surface area is 156 Å². The van der Waals surface area contributed by atoms with Gasteiger partial charge in [-0.05, 0) is 26.8 Å². The van der Waals surface area contributed by atoms with Crippen molar-refractivity contribution in [1.82, 2.24) is 19.9 Å². The zero-order valence-corrected chi connectivity index (χ0v) is 15.6. The second kappa shape index (κ2) is 7.57. The number of aromatic amines is 1. The molecule has 0 radical (unpaired) electrons. The highest BCUT2D eigenvalue weighted by molar-refractivity contribution is 6.07. The fraction of sp³-hybridized carbons (Fsp3) is 0.300. The Morgan fingerprint density at radius 1 is 1.30 bits per heavy atom. The third-order valence-corrected chi connectivity index (χ3v) is 4.50. The number of aromatic nitrogens is 3. The molecule has 1 amide bonds. The van der Waals surface area contributed by atoms with Crippen molar-refractivity contribution in [1.29, 1.82) is 0 Å². The van der Waals surface area contributed by atoms with Gasteiger partial charge in [-0.2, -0.15) is 0 Å². The minimum Gasteiger partial charge on any atom is -0.354 e. The number of benzene rings is 1. The quantitative estimate of drug-likeness (QED) is 0.653. The number of hydrogen-bond donors (Lipinski definition) is 2. The highest BCUT2D eigenvalue weighted by Crippen LogP contribution is 2.25. The van der Waals surface area contributed by atoms with Crippen LogP contribution in [-0.4, -0.2) is 32.8 Å². The second-order valence-corrected chi connectivity index (χ2v) is 6.57. The molecule has 2 heterocycles. The van der Waals surface area contributed by atoms with E-state index in [9.17, 15) is 14.4 Å². The molecule has 140 valence electrons. The van der Waals surface area contributed by atoms with Crippen molar-refractivity contribution in [3.63, 3.8) is 0 Å². The van der Waals surface area contributed by atoms with Crippen molar-refractivity contribution >= 4 is 22.6 Å². The summed E-state index contributed by atoms with van der Waals surface area (Å²) in [6.07, 6.45) is 2.16. The molecule has 0 aliphatic rings. The van der Waals surface area contributed by atoms with E-state index in [1.54, 1.807) is 20.0 Å². The van der Waals surface area contributed by atoms with Crippen molar-refractivity contribution in [3.05, 3.63) is 64.0 Å². The van der Waals surface area contributed by atoms with Crippen LogP contribution >= 0.6 is 0 Å². The minimum atomic E-state index is -0.479. The van der Waals surface area contributed by atoms with Gasteiger partial charge in [0.25, 0.3) is 5.56 Å². The number of fused-ring (bicyclic) bond motifs is 1. The molecular formula is C20H22N4O3. The Hall–Kier alpha value is -3.22. The Bertz CT molecular complexity index is 1060. The van der Waals surface area contributed by atoms with E-state index < -0.39 is 6.04 Å². The predicted octanol–water partition coefficient (Wildman–Crippen LogP) is 2.16. The van der Waals surface area contributed by atoms with Crippen molar-refractivity contribution in [2.24, 2.45) is 0 Å². The van der Waals surface area contributed by atoms with Gasteiger partial charge in [0.05, 0.1) is 0 Å². The Morgan fingerprint density at radius 2 is 2.04 bits per heavy atom. The monoisotopic (exact) mass is 366 g/mol. The number of carbonyl (C=O) groups excluding carboxylic acids is 2. The van der Waals surface area contributed by atoms with Crippen LogP contribution in [0.15, 0.2) is 41.3 Å². The van der Waals surface area contributed by atoms with Gasteiger partial charge in [0.2, 0.25) is 5.91 Å². The predicted molar refractivity (Wildman–Crippen MR) is 103 cm³/mol. The molecule has 1 atom stereocenters. The lowest BCUT2D eigenvalue weighted by atomic mass is 10.1. The van der Waals surface area contributed by atoms with Crippen LogP contribution < -0.4 is 10.9 Å². The summed E-state index contributed by atoms with van der Waals surface area (Å²) in [5.41, 5.74) is 1.89. The van der Waals surface area contributed by atoms with Crippen LogP contribution in [0.3, 0.4) is 0 Å². The smallest absolute Gasteiger partial charge is 0.251 e. The first-order valence-corrected chi connectivity index (χ1v) is 8.82. The number of nitrogens with one attached hydrogen (secondary N) is 2. The normalized spacial score (nSPS) is 12.1. The van der Waals surface area contributed by atoms with Gasteiger partial charge in [-0.1, -0.05) is 18.2 Å². The number of hydrogen-bond acceptors (Lipinski definition) is 4. The third kappa shape index (κ3) is 3.97. The minimum absolute atomic E-state index is 0.0352. The molecule has 7 heteroatoms. The summed E-state index contributed by atoms with van der Waals surface area (Å²) in [4.78, 5) is 42.9. The third-order valence-electron chi connectivity index (χ3n) is 4.50. The average Bonchev–Trinajstić information content (AvgIpc) is 3.00. The average molecular weight is 366 g/mol. The Kier molecular flexibility index (Phi) is 5.21. The number of para-hydroxylation sites is 1. The SMILES string of the molecule is CC(=O)c1cn(C(C)C(=O)NCCc2nc(C)cc(=O)[nH]2)c2ccccc12. The van der Waals surface area contributed by atoms with E-state index in [0.717, 1.165) is 10.9 Å². The van der Waals surface area contributed by atoms with Crippen LogP contribution in [0, 0.1) is 6.92 Å². The van der Waals surface area contributed by atoms with Gasteiger partial charge >= 0.3 is 0 Å². The van der Waals surface area contributed by atoms with Gasteiger partial charge < -0.3 is 14.9 Å². The van der Waals surface area contributed by atoms with E-state index >= 15 is 0 Å². The lowest BCUT2D eigenvalue weighted by molar-refractivity contribution is -0.123. The first-order valence-electron chi connectivity index (χ1n) is 8.82. The zero-order valence-electron chi connectivity index (χ0n) is 15.6. The van der Waals surface area contributed by atoms with Crippen molar-refractivity contribution < 1.29 is 9.59 Å². The van der Waals surface area contributed by atoms with Gasteiger partial charge in [-0.25, -0.2) is 4.98 Å². The highest BCUT2D eigenvalue weighted by Gasteiger charge is 2.19. The number of amides is 1. The fourth-order valence-electron chi connectivity index (χ4n) is 3.14. The molecule has 0 spiro atoms. The second-order valence-electron chi connectivity index (χ2n) is 6.57. The molecule has 0 aliphatic carbocycles. The Morgan fingerprint density at radius 3 is 2.74 bits per heavy atom. The van der Waals surface area contributed by atoms with Crippen LogP contribution in [0.1, 0.15) is 41.8 Å². The first kappa shape index (κ1) is 18.6. The van der Waals surface area contributed by atoms with E-state index in [2.05, 4.69) is 15.3 Å². The number of rotatable bonds is 6. The summed E-state index contributed by atoms with van der Waals surface area (Å²) < 4.78 is 1.81. The molecule has 0 fully saturated rings. The maximum atomic E-state index is 12.6. The van der Waals surface area contributed by atoms with Crippen LogP contribution in [0.25, 0.3) is 10.9 Å². The van der Waals surface area contributed by atoms with E-state index in [1.807, 2.05) is 28.8 Å². The van der Waals surface area contributed by atoms with Crippen LogP contribution in [-0.2, 0) is 11.2 Å². The topological polar surface area (TPSA) is 96.8 Å². The van der Waals surface area contributed by atoms with Crippen molar-refractivity contribution in [3.8, 4) is 0 Å². The molecule has 27 heavy (non-hydrogen) atoms. The van der Waals surface area contributed by atoms with E-state index in [1.165, 1.54) is 13.0 Å². The molecule has 1 unspecified atom stereocenters. The molecule has 3 rings (SSSR count). The molecule has 0 saturated heterocycles. The van der Waals surface area contributed by atoms with Gasteiger partial charge in [-0.3, -0.25) is 14.4 Å². The van der Waals surface area contributed by atoms with E-state index in [4.69, 9.17) is 0 Å². The van der Waals surface area contributed by atoms with Gasteiger partial charge in [0.1, 0.15) is 11.9 Å². The van der Waals surface area contributed by atoms with Gasteiger partial charge in [0.15, 0.2) is 5.78 Å². The maximum Gasteiger partial charge on any atom is 0.251 e. The standard InChI is InChI=1S/C20H22N4O3/c1-12-10-19(26)23-18(22-12)8-9-21-20(27)13(2)24-11-16(14(3)25)15-6-4-5-7-17(15)24/h4-7,10-11,13H,8-9H2,1-3H3,(H,21,27)(H,22,23,26). The van der Waals surface area contributed by atoms with Crippen molar-refractivity contribution in [2.45, 2.75) is 33.2 Å². The molecule has 1 aromatic carbocycles. The molecule has 2 aromatic heterocycles. The number of ketones is 1. The number of nitrogens with zero attached hydrogens (tertiary/aromatic N) is 2. The molecule has 0 saturated carbocycles. The molecule has 3 aromatic rings. The summed E-state index contributed by atoms with van der Waals surface area (Å²) in [6, 6.07) is 8.48. The molecule has 2 N–H and O–H groups in total. The van der Waals surface area contributed by atoms with Gasteiger partial charge in [-0.15, -0.1) is 0 Å². The summed E-state index contributed by atoms with van der Waals surface area (Å²) in [7, 11) is 0. The number of Topliss-reactive ketones (excluding diaryl/α,β-unsaturated/α-hetero) is 1.